The number of carbonyl (C=O) groups is 3. The molecule has 0 aliphatic rings. The quantitative estimate of drug-likeness (QED) is 0.671. The summed E-state index contributed by atoms with van der Waals surface area (Å²) in [7, 11) is 0. The lowest BCUT2D eigenvalue weighted by molar-refractivity contribution is 0.0434. The second-order valence-electron chi connectivity index (χ2n) is 5.01. The maximum atomic E-state index is 12.1. The van der Waals surface area contributed by atoms with Crippen molar-refractivity contribution in [2.45, 2.75) is 27.7 Å². The molecule has 1 N–H and O–H groups in total. The number of aromatic amines is 1. The first kappa shape index (κ1) is 15.7. The first-order chi connectivity index (χ1) is 10.3. The number of aromatic nitrogens is 2. The van der Waals surface area contributed by atoms with Gasteiger partial charge in [-0.2, -0.15) is 0 Å². The third-order valence-corrected chi connectivity index (χ3v) is 3.23. The zero-order chi connectivity index (χ0) is 16.4. The number of ether oxygens (including phenoxy) is 1. The number of rotatable bonds is 5. The summed E-state index contributed by atoms with van der Waals surface area (Å²) < 4.78 is 9.65. The lowest BCUT2D eigenvalue weighted by Gasteiger charge is -2.02. The van der Waals surface area contributed by atoms with Crippen molar-refractivity contribution in [3.8, 4) is 0 Å². The van der Waals surface area contributed by atoms with Crippen LogP contribution in [0.15, 0.2) is 10.6 Å². The zero-order valence-electron chi connectivity index (χ0n) is 12.8. The van der Waals surface area contributed by atoms with Crippen LogP contribution in [0.5, 0.6) is 0 Å². The monoisotopic (exact) mass is 304 g/mol. The van der Waals surface area contributed by atoms with Crippen LogP contribution in [0.2, 0.25) is 0 Å². The maximum absolute atomic E-state index is 12.1. The van der Waals surface area contributed by atoms with Crippen LogP contribution in [0.4, 0.5) is 0 Å². The number of H-pyrrole nitrogens is 1. The van der Waals surface area contributed by atoms with E-state index in [9.17, 15) is 14.4 Å². The van der Waals surface area contributed by atoms with Gasteiger partial charge in [0.05, 0.1) is 11.4 Å². The van der Waals surface area contributed by atoms with Crippen LogP contribution in [0.3, 0.4) is 0 Å². The number of hydrogen-bond acceptors (Lipinski definition) is 6. The van der Waals surface area contributed by atoms with Gasteiger partial charge < -0.3 is 14.2 Å². The van der Waals surface area contributed by atoms with E-state index in [2.05, 4.69) is 10.1 Å². The number of aryl methyl sites for hydroxylation is 2. The van der Waals surface area contributed by atoms with Crippen LogP contribution >= 0.6 is 0 Å². The predicted octanol–water partition coefficient (Wildman–Crippen LogP) is 2.17. The topological polar surface area (TPSA) is 102 Å². The Kier molecular flexibility index (Phi) is 4.25. The minimum Gasteiger partial charge on any atom is -0.451 e. The predicted molar refractivity (Wildman–Crippen MR) is 76.1 cm³/mol. The van der Waals surface area contributed by atoms with E-state index in [0.29, 0.717) is 22.5 Å². The summed E-state index contributed by atoms with van der Waals surface area (Å²) in [6.45, 7) is 6.04. The normalized spacial score (nSPS) is 10.5. The highest BCUT2D eigenvalue weighted by Gasteiger charge is 2.21. The van der Waals surface area contributed by atoms with Crippen molar-refractivity contribution in [1.29, 1.82) is 0 Å². The molecule has 0 aliphatic carbocycles. The summed E-state index contributed by atoms with van der Waals surface area (Å²) in [6, 6.07) is 1.42. The van der Waals surface area contributed by atoms with Crippen LogP contribution < -0.4 is 0 Å². The molecule has 0 saturated carbocycles. The lowest BCUT2D eigenvalue weighted by atomic mass is 10.1. The van der Waals surface area contributed by atoms with Crippen LogP contribution in [0, 0.1) is 20.8 Å². The summed E-state index contributed by atoms with van der Waals surface area (Å²) in [5.74, 6) is -1.37. The molecule has 0 spiro atoms. The van der Waals surface area contributed by atoms with Gasteiger partial charge in [-0.25, -0.2) is 4.79 Å². The minimum atomic E-state index is -0.762. The van der Waals surface area contributed by atoms with Gasteiger partial charge in [-0.15, -0.1) is 0 Å². The van der Waals surface area contributed by atoms with Crippen LogP contribution in [-0.2, 0) is 4.74 Å². The molecule has 2 heterocycles. The first-order valence-corrected chi connectivity index (χ1v) is 6.65. The Balaban J connectivity index is 2.09. The average Bonchev–Trinajstić information content (AvgIpc) is 2.99. The molecule has 0 atom stereocenters. The highest BCUT2D eigenvalue weighted by atomic mass is 16.6. The molecule has 0 aliphatic heterocycles. The van der Waals surface area contributed by atoms with Gasteiger partial charge in [0.2, 0.25) is 11.5 Å². The number of carbonyl (C=O) groups excluding carboxylic acids is 3. The molecule has 0 bridgehead atoms. The van der Waals surface area contributed by atoms with E-state index >= 15 is 0 Å². The van der Waals surface area contributed by atoms with Crippen LogP contribution in [0.1, 0.15) is 55.3 Å². The molecule has 7 heteroatoms. The fraction of sp³-hybridized carbons (Fsp3) is 0.333. The molecule has 22 heavy (non-hydrogen) atoms. The number of Topliss-reactive ketones (excluding diaryl/α,β-unsaturated/α-hetero) is 2. The van der Waals surface area contributed by atoms with Crippen molar-refractivity contribution >= 4 is 17.5 Å². The molecule has 2 rings (SSSR count). The molecule has 0 unspecified atom stereocenters. The minimum absolute atomic E-state index is 0.0610. The molecule has 0 amide bonds. The molecule has 0 saturated heterocycles. The largest absolute Gasteiger partial charge is 0.451 e. The van der Waals surface area contributed by atoms with E-state index in [4.69, 9.17) is 9.26 Å². The van der Waals surface area contributed by atoms with Gasteiger partial charge in [0.1, 0.15) is 0 Å². The van der Waals surface area contributed by atoms with Crippen LogP contribution in [0.25, 0.3) is 0 Å². The Hall–Kier alpha value is -2.70. The number of nitrogens with one attached hydrogen (secondary N) is 1. The molecule has 2 aromatic heterocycles. The average molecular weight is 304 g/mol. The van der Waals surface area contributed by atoms with Gasteiger partial charge in [-0.1, -0.05) is 5.16 Å². The van der Waals surface area contributed by atoms with Crippen LogP contribution in [-0.4, -0.2) is 34.3 Å². The Morgan fingerprint density at radius 2 is 1.95 bits per heavy atom. The molecular weight excluding hydrogens is 288 g/mol. The summed E-state index contributed by atoms with van der Waals surface area (Å²) in [5, 5.41) is 3.57. The highest BCUT2D eigenvalue weighted by molar-refractivity contribution is 6.04. The SMILES string of the molecule is CC(=O)c1c(C)[nH]c(C(=O)COC(=O)c2cc(C)no2)c1C. The fourth-order valence-corrected chi connectivity index (χ4v) is 2.29. The van der Waals surface area contributed by atoms with Crippen molar-refractivity contribution in [2.75, 3.05) is 6.61 Å². The Labute approximate surface area is 126 Å². The van der Waals surface area contributed by atoms with E-state index < -0.39 is 18.4 Å². The smallest absolute Gasteiger partial charge is 0.377 e. The lowest BCUT2D eigenvalue weighted by Crippen LogP contribution is -2.15. The van der Waals surface area contributed by atoms with Gasteiger partial charge in [0.15, 0.2) is 12.4 Å². The molecule has 7 nitrogen and oxygen atoms in total. The van der Waals surface area contributed by atoms with Crippen molar-refractivity contribution in [2.24, 2.45) is 0 Å². The van der Waals surface area contributed by atoms with E-state index in [1.807, 2.05) is 0 Å². The van der Waals surface area contributed by atoms with Gasteiger partial charge in [-0.3, -0.25) is 9.59 Å². The third kappa shape index (κ3) is 2.98. The molecule has 0 radical (unpaired) electrons. The third-order valence-electron chi connectivity index (χ3n) is 3.23. The van der Waals surface area contributed by atoms with Gasteiger partial charge >= 0.3 is 5.97 Å². The van der Waals surface area contributed by atoms with Crippen molar-refractivity contribution < 1.29 is 23.6 Å². The maximum Gasteiger partial charge on any atom is 0.377 e. The molecular formula is C15H16N2O5. The first-order valence-electron chi connectivity index (χ1n) is 6.65. The number of ketones is 2. The summed E-state index contributed by atoms with van der Waals surface area (Å²) in [4.78, 5) is 38.2. The van der Waals surface area contributed by atoms with Crippen molar-refractivity contribution in [1.82, 2.24) is 10.1 Å². The number of hydrogen-bond donors (Lipinski definition) is 1. The fourth-order valence-electron chi connectivity index (χ4n) is 2.29. The van der Waals surface area contributed by atoms with Gasteiger partial charge in [0, 0.05) is 17.3 Å². The highest BCUT2D eigenvalue weighted by Crippen LogP contribution is 2.19. The van der Waals surface area contributed by atoms with E-state index in [1.54, 1.807) is 20.8 Å². The Morgan fingerprint density at radius 1 is 1.27 bits per heavy atom. The molecule has 2 aromatic rings. The zero-order valence-corrected chi connectivity index (χ0v) is 12.8. The van der Waals surface area contributed by atoms with E-state index in [0.717, 1.165) is 0 Å². The summed E-state index contributed by atoms with van der Waals surface area (Å²) in [5.41, 5.74) is 2.47. The molecule has 0 aromatic carbocycles. The van der Waals surface area contributed by atoms with E-state index in [-0.39, 0.29) is 17.2 Å². The van der Waals surface area contributed by atoms with Crippen molar-refractivity contribution in [3.63, 3.8) is 0 Å². The Bertz CT molecular complexity index is 754. The summed E-state index contributed by atoms with van der Waals surface area (Å²) in [6.07, 6.45) is 0. The standard InChI is InChI=1S/C15H16N2O5/c1-7-5-12(22-17-7)15(20)21-6-11(19)14-8(2)13(10(4)18)9(3)16-14/h5,16H,6H2,1-4H3. The van der Waals surface area contributed by atoms with Gasteiger partial charge in [-0.05, 0) is 33.3 Å². The number of nitrogens with zero attached hydrogens (tertiary/aromatic N) is 1. The second-order valence-corrected chi connectivity index (χ2v) is 5.01. The van der Waals surface area contributed by atoms with Gasteiger partial charge in [0.25, 0.3) is 0 Å². The van der Waals surface area contributed by atoms with Crippen molar-refractivity contribution in [3.05, 3.63) is 40.0 Å². The summed E-state index contributed by atoms with van der Waals surface area (Å²) >= 11 is 0. The van der Waals surface area contributed by atoms with E-state index in [1.165, 1.54) is 13.0 Å². The Morgan fingerprint density at radius 3 is 2.45 bits per heavy atom. The number of esters is 1. The molecule has 116 valence electrons. The second kappa shape index (κ2) is 5.97. The molecule has 0 fully saturated rings.